The maximum absolute atomic E-state index is 13.3. The summed E-state index contributed by atoms with van der Waals surface area (Å²) in [4.78, 5) is 44.7. The molecule has 11 fully saturated rings. The maximum Gasteiger partial charge on any atom is 0.410 e. The molecule has 664 valence electrons. The van der Waals surface area contributed by atoms with E-state index in [0.717, 1.165) is 121 Å². The molecule has 2 N–H and O–H groups in total. The van der Waals surface area contributed by atoms with E-state index in [1.807, 2.05) is 99.5 Å². The summed E-state index contributed by atoms with van der Waals surface area (Å²) in [6.45, 7) is 22.2. The van der Waals surface area contributed by atoms with Gasteiger partial charge in [0.05, 0.1) is 82.0 Å². The van der Waals surface area contributed by atoms with E-state index >= 15 is 0 Å². The molecule has 37 heteroatoms. The zero-order valence-corrected chi connectivity index (χ0v) is 78.9. The van der Waals surface area contributed by atoms with Crippen molar-refractivity contribution in [1.82, 2.24) is 23.3 Å². The fraction of sp³-hybridized carbons (Fsp3) is 0.716. The van der Waals surface area contributed by atoms with Gasteiger partial charge in [-0.05, 0) is 234 Å². The average Bonchev–Trinajstić information content (AvgIpc) is 1.27. The van der Waals surface area contributed by atoms with E-state index in [9.17, 15) is 75.1 Å². The van der Waals surface area contributed by atoms with Gasteiger partial charge in [0.2, 0.25) is 0 Å². The number of hydrogen-bond acceptors (Lipinski definition) is 26. The third-order valence-corrected chi connectivity index (χ3v) is 36.5. The summed E-state index contributed by atoms with van der Waals surface area (Å²) >= 11 is 7.45. The molecule has 5 aliphatic carbocycles. The van der Waals surface area contributed by atoms with Crippen molar-refractivity contribution in [2.75, 3.05) is 139 Å². The molecular weight excluding hydrogens is 1760 g/mol. The van der Waals surface area contributed by atoms with E-state index in [-0.39, 0.29) is 89.4 Å². The summed E-state index contributed by atoms with van der Waals surface area (Å²) in [5, 5.41) is 24.6. The molecule has 4 unspecified atom stereocenters. The van der Waals surface area contributed by atoms with Crippen LogP contribution in [-0.2, 0) is 89.3 Å². The number of carbonyl (C=O) groups is 3. The van der Waals surface area contributed by atoms with Crippen molar-refractivity contribution in [3.8, 4) is 0 Å². The fourth-order valence-electron chi connectivity index (χ4n) is 15.6. The predicted octanol–water partition coefficient (Wildman–Crippen LogP) is 11.0. The van der Waals surface area contributed by atoms with Crippen LogP contribution in [0.2, 0.25) is 0 Å². The molecule has 0 spiro atoms. The molecule has 0 bridgehead atoms. The number of Topliss-reactive ketones (excluding diaryl/α,β-unsaturated/α-hetero) is 1. The molecule has 6 atom stereocenters. The van der Waals surface area contributed by atoms with Crippen LogP contribution in [0.1, 0.15) is 157 Å². The number of sulfonamides is 2. The second-order valence-electron chi connectivity index (χ2n) is 36.1. The second-order valence-corrected chi connectivity index (χ2v) is 52.3. The van der Waals surface area contributed by atoms with Crippen LogP contribution in [0, 0.1) is 35.5 Å². The number of piperazine rings is 2. The monoisotopic (exact) mass is 1880 g/mol. The lowest BCUT2D eigenvalue weighted by atomic mass is 9.98. The van der Waals surface area contributed by atoms with Crippen LogP contribution in [0.15, 0.2) is 92.0 Å². The van der Waals surface area contributed by atoms with E-state index in [1.165, 1.54) is 41.3 Å². The lowest BCUT2D eigenvalue weighted by Gasteiger charge is -2.46. The Kier molecular flexibility index (Phi) is 32.3. The fourth-order valence-corrected chi connectivity index (χ4v) is 28.0. The highest BCUT2D eigenvalue weighted by molar-refractivity contribution is 9.09. The number of ketones is 1. The largest absolute Gasteiger partial charge is 0.444 e. The normalized spacial score (nSPS) is 25.4. The number of amides is 2. The first-order valence-electron chi connectivity index (χ1n) is 41.1. The second kappa shape index (κ2) is 39.6. The molecule has 6 saturated heterocycles. The van der Waals surface area contributed by atoms with Gasteiger partial charge in [-0.2, -0.15) is 28.8 Å². The van der Waals surface area contributed by atoms with Crippen molar-refractivity contribution >= 4 is 139 Å². The van der Waals surface area contributed by atoms with E-state index in [1.54, 1.807) is 84.1 Å². The van der Waals surface area contributed by atoms with Gasteiger partial charge in [-0.1, -0.05) is 52.3 Å². The molecule has 0 radical (unpaired) electrons. The van der Waals surface area contributed by atoms with Crippen molar-refractivity contribution in [3.63, 3.8) is 0 Å². The standard InChI is InChI=1S/C25H35N3O5S3.C19H26N2O6S3.C12H21NO4S.C12H21NO2S.C8H14O2S.C5H7BrO/c1-25(2,29)20-7-9-21(10-8-20)28-12-11-27(36(32,33)24-4-3-14-34-24)17-22(28)16-26-13-15-35(30,31)18-23(26)19-5-6-19;1-19(2,22)15-6-8-16(9-7-15)21-11-10-20(13-17(21)14-27-29(3,23)24)30(25,26)18-5-4-12-28-18;1-12(2,3)17-11(14)13-6-7-18(15,16)8-10(13)9-4-5-9;1-12(2,3)15-11(14)13-6-7-16-8-10(13)9-4-5-9;9-11(10)5-1-2-8(6-11)7-3-4-7;6-3-5(7)4-1-2-4/h3-4,7-10,14,19,22-23,29H,5-6,11-13,15-18H2,1-2H3;4-9,12,17,22H,10-11,13-14H2,1-3H3;9-10H,4-8H2,1-3H3;9-10H,4-8H2,1-3H3;7-8H,1-6H2;4H,1-3H2/t22-,23?;17-;;;;/m01..../s1. The minimum Gasteiger partial charge on any atom is -0.444 e. The van der Waals surface area contributed by atoms with Gasteiger partial charge in [0.15, 0.2) is 29.5 Å². The number of nitrogens with zero attached hydrogens (tertiary/aromatic N) is 7. The first-order chi connectivity index (χ1) is 55.0. The van der Waals surface area contributed by atoms with Gasteiger partial charge < -0.3 is 39.3 Å². The average molecular weight is 1880 g/mol. The van der Waals surface area contributed by atoms with E-state index < -0.39 is 82.5 Å². The summed E-state index contributed by atoms with van der Waals surface area (Å²) in [5.74, 6) is 7.13. The number of thiophene rings is 2. The summed E-state index contributed by atoms with van der Waals surface area (Å²) in [6.07, 6.45) is 14.1. The van der Waals surface area contributed by atoms with Gasteiger partial charge in [0.1, 0.15) is 25.4 Å². The quantitative estimate of drug-likeness (QED) is 0.0650. The molecule has 11 aliphatic rings. The SMILES string of the molecule is CC(C)(C)OC(=O)N1CCS(=O)(=O)CC1C1CC1.CC(C)(C)OC(=O)N1CCSCC1C1CC1.CC(C)(O)c1ccc(N2CCN(S(=O)(=O)c3cccs3)C[C@@H]2CN2CCS(=O)(=O)CC2C2CC2)cc1.CC(C)(O)c1ccc(N2CCN(S(=O)(=O)c3cccs3)C[C@@H]2COS(C)(=O)=O)cc1.O=C(CBr)C1CC1.O=S1(=O)CCCC(C2CC2)C1. The minimum atomic E-state index is -3.68. The number of rotatable bonds is 19. The zero-order valence-electron chi connectivity index (χ0n) is 70.0. The van der Waals surface area contributed by atoms with Crippen molar-refractivity contribution in [2.45, 2.75) is 207 Å². The topological polar surface area (TPSA) is 347 Å². The van der Waals surface area contributed by atoms with Gasteiger partial charge in [0.25, 0.3) is 30.2 Å². The van der Waals surface area contributed by atoms with Gasteiger partial charge in [-0.15, -0.1) is 22.7 Å². The number of anilines is 2. The molecule has 118 heavy (non-hydrogen) atoms. The molecule has 6 aliphatic heterocycles. The van der Waals surface area contributed by atoms with Crippen molar-refractivity contribution < 1.29 is 88.8 Å². The van der Waals surface area contributed by atoms with E-state index in [0.29, 0.717) is 95.8 Å². The Hall–Kier alpha value is -4.06. The van der Waals surface area contributed by atoms with Gasteiger partial charge in [-0.25, -0.2) is 51.7 Å². The Morgan fingerprint density at radius 1 is 0.500 bits per heavy atom. The number of thioether (sulfide) groups is 1. The van der Waals surface area contributed by atoms with E-state index in [2.05, 4.69) is 25.7 Å². The number of alkyl halides is 1. The van der Waals surface area contributed by atoms with Crippen LogP contribution in [-0.4, -0.2) is 273 Å². The molecule has 2 aromatic carbocycles. The molecule has 15 rings (SSSR count). The predicted molar refractivity (Wildman–Crippen MR) is 470 cm³/mol. The summed E-state index contributed by atoms with van der Waals surface area (Å²) in [7, 11) is -19.6. The van der Waals surface area contributed by atoms with Crippen LogP contribution in [0.25, 0.3) is 0 Å². The van der Waals surface area contributed by atoms with Crippen molar-refractivity contribution in [1.29, 1.82) is 0 Å². The van der Waals surface area contributed by atoms with Crippen LogP contribution in [0.5, 0.6) is 0 Å². The Bertz CT molecular complexity index is 4710. The highest BCUT2D eigenvalue weighted by Gasteiger charge is 2.48. The highest BCUT2D eigenvalue weighted by Crippen LogP contribution is 2.44. The first kappa shape index (κ1) is 96.2. The highest BCUT2D eigenvalue weighted by atomic mass is 79.9. The van der Waals surface area contributed by atoms with Gasteiger partial charge in [0, 0.05) is 106 Å². The number of halogens is 1. The Balaban J connectivity index is 0.000000160. The van der Waals surface area contributed by atoms with Crippen molar-refractivity contribution in [2.24, 2.45) is 35.5 Å². The van der Waals surface area contributed by atoms with Crippen molar-refractivity contribution in [3.05, 3.63) is 94.7 Å². The Morgan fingerprint density at radius 3 is 1.35 bits per heavy atom. The number of ether oxygens (including phenoxy) is 2. The van der Waals surface area contributed by atoms with Crippen LogP contribution < -0.4 is 9.80 Å². The number of carbonyl (C=O) groups excluding carboxylic acids is 3. The van der Waals surface area contributed by atoms with Gasteiger partial charge in [-0.3, -0.25) is 13.9 Å². The Morgan fingerprint density at radius 2 is 0.932 bits per heavy atom. The molecule has 2 amide bonds. The zero-order chi connectivity index (χ0) is 86.4. The molecule has 8 heterocycles. The van der Waals surface area contributed by atoms with Crippen LogP contribution in [0.4, 0.5) is 21.0 Å². The van der Waals surface area contributed by atoms with Crippen LogP contribution >= 0.6 is 50.4 Å². The molecule has 2 aromatic heterocycles. The molecule has 27 nitrogen and oxygen atoms in total. The minimum absolute atomic E-state index is 0.00689. The molecule has 5 saturated carbocycles. The van der Waals surface area contributed by atoms with E-state index in [4.69, 9.17) is 13.7 Å². The number of sulfone groups is 3. The summed E-state index contributed by atoms with van der Waals surface area (Å²) in [6, 6.07) is 21.4. The Labute approximate surface area is 722 Å². The number of benzene rings is 2. The first-order valence-corrected chi connectivity index (χ1v) is 55.3. The summed E-state index contributed by atoms with van der Waals surface area (Å²) in [5.41, 5.74) is 0.502. The lowest BCUT2D eigenvalue weighted by Crippen LogP contribution is -2.61. The smallest absolute Gasteiger partial charge is 0.410 e. The summed E-state index contributed by atoms with van der Waals surface area (Å²) < 4.78 is 166. The third-order valence-electron chi connectivity index (χ3n) is 22.7. The van der Waals surface area contributed by atoms with Crippen LogP contribution in [0.3, 0.4) is 0 Å². The molecule has 4 aromatic rings. The maximum atomic E-state index is 13.3. The molecular formula is C81H124BrN7O20S9. The number of hydrogen-bond donors (Lipinski definition) is 2. The lowest BCUT2D eigenvalue weighted by molar-refractivity contribution is -0.117. The number of aliphatic hydroxyl groups is 2. The van der Waals surface area contributed by atoms with Gasteiger partial charge >= 0.3 is 12.2 Å². The third kappa shape index (κ3) is 29.0.